The third-order valence-electron chi connectivity index (χ3n) is 3.11. The van der Waals surface area contributed by atoms with Crippen molar-refractivity contribution >= 4 is 29.1 Å². The first kappa shape index (κ1) is 17.5. The summed E-state index contributed by atoms with van der Waals surface area (Å²) in [5.41, 5.74) is 6.48. The molecule has 1 aromatic rings. The number of rotatable bonds is 5. The highest BCUT2D eigenvalue weighted by Gasteiger charge is 2.20. The standard InChI is InChI=1S/C15H22ClN3O2/c1-8(2)18-15(21)12-6-5-11(16)7-13(12)19-14(20)9(3)10(4)17/h5-10H,17H2,1-4H3,(H,18,21)(H,19,20). The number of nitrogens with two attached hydrogens (primary N) is 1. The average Bonchev–Trinajstić information content (AvgIpc) is 2.36. The van der Waals surface area contributed by atoms with Crippen molar-refractivity contribution in [2.24, 2.45) is 11.7 Å². The molecule has 0 saturated heterocycles. The maximum Gasteiger partial charge on any atom is 0.253 e. The van der Waals surface area contributed by atoms with Gasteiger partial charge in [0.05, 0.1) is 17.2 Å². The van der Waals surface area contributed by atoms with E-state index in [-0.39, 0.29) is 29.8 Å². The molecular weight excluding hydrogens is 290 g/mol. The van der Waals surface area contributed by atoms with Crippen LogP contribution in [0.4, 0.5) is 5.69 Å². The summed E-state index contributed by atoms with van der Waals surface area (Å²) in [4.78, 5) is 24.2. The Morgan fingerprint density at radius 3 is 2.33 bits per heavy atom. The van der Waals surface area contributed by atoms with Crippen LogP contribution in [0.3, 0.4) is 0 Å². The van der Waals surface area contributed by atoms with Crippen LogP contribution < -0.4 is 16.4 Å². The molecule has 0 radical (unpaired) electrons. The largest absolute Gasteiger partial charge is 0.350 e. The number of hydrogen-bond acceptors (Lipinski definition) is 3. The van der Waals surface area contributed by atoms with Crippen molar-refractivity contribution < 1.29 is 9.59 Å². The molecule has 0 aliphatic carbocycles. The van der Waals surface area contributed by atoms with Crippen LogP contribution in [-0.4, -0.2) is 23.9 Å². The van der Waals surface area contributed by atoms with Crippen molar-refractivity contribution in [3.63, 3.8) is 0 Å². The van der Waals surface area contributed by atoms with E-state index in [1.54, 1.807) is 32.0 Å². The molecule has 0 aromatic heterocycles. The second kappa shape index (κ2) is 7.43. The number of carbonyl (C=O) groups is 2. The van der Waals surface area contributed by atoms with Crippen LogP contribution >= 0.6 is 11.6 Å². The van der Waals surface area contributed by atoms with Crippen LogP contribution in [0.2, 0.25) is 5.02 Å². The first-order chi connectivity index (χ1) is 9.72. The minimum Gasteiger partial charge on any atom is -0.350 e. The molecule has 2 atom stereocenters. The molecule has 0 aliphatic heterocycles. The molecule has 2 unspecified atom stereocenters. The second-order valence-electron chi connectivity index (χ2n) is 5.46. The fourth-order valence-corrected chi connectivity index (χ4v) is 1.82. The maximum absolute atomic E-state index is 12.1. The van der Waals surface area contributed by atoms with Gasteiger partial charge in [0.25, 0.3) is 5.91 Å². The smallest absolute Gasteiger partial charge is 0.253 e. The SMILES string of the molecule is CC(C)NC(=O)c1ccc(Cl)cc1NC(=O)C(C)C(C)N. The first-order valence-corrected chi connectivity index (χ1v) is 7.27. The maximum atomic E-state index is 12.1. The van der Waals surface area contributed by atoms with Gasteiger partial charge in [-0.1, -0.05) is 18.5 Å². The van der Waals surface area contributed by atoms with Gasteiger partial charge >= 0.3 is 0 Å². The molecule has 0 fully saturated rings. The molecule has 21 heavy (non-hydrogen) atoms. The fraction of sp³-hybridized carbons (Fsp3) is 0.467. The van der Waals surface area contributed by atoms with E-state index in [2.05, 4.69) is 10.6 Å². The molecule has 0 heterocycles. The zero-order chi connectivity index (χ0) is 16.2. The molecule has 4 N–H and O–H groups in total. The van der Waals surface area contributed by atoms with Crippen LogP contribution in [0.1, 0.15) is 38.1 Å². The molecule has 1 rings (SSSR count). The summed E-state index contributed by atoms with van der Waals surface area (Å²) in [5.74, 6) is -0.874. The fourth-order valence-electron chi connectivity index (χ4n) is 1.64. The number of anilines is 1. The molecule has 116 valence electrons. The minimum atomic E-state index is -0.370. The lowest BCUT2D eigenvalue weighted by Gasteiger charge is -2.18. The Morgan fingerprint density at radius 1 is 1.19 bits per heavy atom. The van der Waals surface area contributed by atoms with Crippen LogP contribution in [0.15, 0.2) is 18.2 Å². The Morgan fingerprint density at radius 2 is 1.81 bits per heavy atom. The summed E-state index contributed by atoms with van der Waals surface area (Å²) in [7, 11) is 0. The van der Waals surface area contributed by atoms with Crippen molar-refractivity contribution in [3.8, 4) is 0 Å². The minimum absolute atomic E-state index is 0.000262. The number of nitrogens with one attached hydrogen (secondary N) is 2. The highest BCUT2D eigenvalue weighted by atomic mass is 35.5. The summed E-state index contributed by atoms with van der Waals surface area (Å²) in [5, 5.41) is 5.95. The monoisotopic (exact) mass is 311 g/mol. The lowest BCUT2D eigenvalue weighted by molar-refractivity contribution is -0.119. The Balaban J connectivity index is 3.02. The Bertz CT molecular complexity index is 530. The third-order valence-corrected chi connectivity index (χ3v) is 3.34. The van der Waals surface area contributed by atoms with Crippen LogP contribution in [0, 0.1) is 5.92 Å². The van der Waals surface area contributed by atoms with Crippen molar-refractivity contribution in [3.05, 3.63) is 28.8 Å². The van der Waals surface area contributed by atoms with Crippen molar-refractivity contribution in [2.45, 2.75) is 39.8 Å². The van der Waals surface area contributed by atoms with Gasteiger partial charge in [-0.25, -0.2) is 0 Å². The van der Waals surface area contributed by atoms with Gasteiger partial charge in [-0.15, -0.1) is 0 Å². The lowest BCUT2D eigenvalue weighted by atomic mass is 10.0. The number of benzene rings is 1. The van der Waals surface area contributed by atoms with Gasteiger partial charge in [0.15, 0.2) is 0 Å². The zero-order valence-corrected chi connectivity index (χ0v) is 13.5. The summed E-state index contributed by atoms with van der Waals surface area (Å²) in [6.07, 6.45) is 0. The molecule has 0 saturated carbocycles. The van der Waals surface area contributed by atoms with E-state index in [9.17, 15) is 9.59 Å². The summed E-state index contributed by atoms with van der Waals surface area (Å²) in [6.45, 7) is 7.22. The normalized spacial score (nSPS) is 13.7. The second-order valence-corrected chi connectivity index (χ2v) is 5.89. The topological polar surface area (TPSA) is 84.2 Å². The van der Waals surface area contributed by atoms with E-state index in [1.165, 1.54) is 0 Å². The Labute approximate surface area is 130 Å². The molecule has 0 spiro atoms. The van der Waals surface area contributed by atoms with Gasteiger partial charge in [-0.2, -0.15) is 0 Å². The van der Waals surface area contributed by atoms with Crippen LogP contribution in [0.5, 0.6) is 0 Å². The van der Waals surface area contributed by atoms with E-state index in [1.807, 2.05) is 13.8 Å². The zero-order valence-electron chi connectivity index (χ0n) is 12.7. The molecular formula is C15H22ClN3O2. The van der Waals surface area contributed by atoms with Gasteiger partial charge < -0.3 is 16.4 Å². The van der Waals surface area contributed by atoms with E-state index in [0.717, 1.165) is 0 Å². The average molecular weight is 312 g/mol. The third kappa shape index (κ3) is 5.02. The molecule has 5 nitrogen and oxygen atoms in total. The van der Waals surface area contributed by atoms with Gasteiger partial charge in [0.1, 0.15) is 0 Å². The predicted octanol–water partition coefficient (Wildman–Crippen LogP) is 2.40. The number of hydrogen-bond donors (Lipinski definition) is 3. The molecule has 2 amide bonds. The molecule has 0 aliphatic rings. The van der Waals surface area contributed by atoms with E-state index in [4.69, 9.17) is 17.3 Å². The highest BCUT2D eigenvalue weighted by molar-refractivity contribution is 6.31. The quantitative estimate of drug-likeness (QED) is 0.780. The highest BCUT2D eigenvalue weighted by Crippen LogP contribution is 2.22. The van der Waals surface area contributed by atoms with E-state index >= 15 is 0 Å². The number of halogens is 1. The van der Waals surface area contributed by atoms with Gasteiger partial charge in [-0.3, -0.25) is 9.59 Å². The van der Waals surface area contributed by atoms with Crippen LogP contribution in [0.25, 0.3) is 0 Å². The molecule has 1 aromatic carbocycles. The van der Waals surface area contributed by atoms with E-state index < -0.39 is 0 Å². The summed E-state index contributed by atoms with van der Waals surface area (Å²) in [6, 6.07) is 4.48. The number of carbonyl (C=O) groups excluding carboxylic acids is 2. The first-order valence-electron chi connectivity index (χ1n) is 6.89. The Kier molecular flexibility index (Phi) is 6.18. The number of amides is 2. The van der Waals surface area contributed by atoms with Crippen molar-refractivity contribution in [1.82, 2.24) is 5.32 Å². The molecule has 6 heteroatoms. The van der Waals surface area contributed by atoms with Gasteiger partial charge in [0, 0.05) is 17.1 Å². The summed E-state index contributed by atoms with van der Waals surface area (Å²) >= 11 is 5.95. The van der Waals surface area contributed by atoms with E-state index in [0.29, 0.717) is 16.3 Å². The Hall–Kier alpha value is -1.59. The predicted molar refractivity (Wildman–Crippen MR) is 85.5 cm³/mol. The molecule has 0 bridgehead atoms. The van der Waals surface area contributed by atoms with Crippen molar-refractivity contribution in [1.29, 1.82) is 0 Å². The van der Waals surface area contributed by atoms with Crippen LogP contribution in [-0.2, 0) is 4.79 Å². The lowest BCUT2D eigenvalue weighted by Crippen LogP contribution is -2.35. The van der Waals surface area contributed by atoms with Gasteiger partial charge in [0.2, 0.25) is 5.91 Å². The summed E-state index contributed by atoms with van der Waals surface area (Å²) < 4.78 is 0. The van der Waals surface area contributed by atoms with Gasteiger partial charge in [-0.05, 0) is 39.0 Å². The van der Waals surface area contributed by atoms with Crippen molar-refractivity contribution in [2.75, 3.05) is 5.32 Å².